The van der Waals surface area contributed by atoms with E-state index in [0.717, 1.165) is 4.68 Å². The third kappa shape index (κ3) is 3.93. The van der Waals surface area contributed by atoms with Crippen LogP contribution in [0.4, 0.5) is 19.0 Å². The number of carbonyl (C=O) groups is 1. The number of halogens is 3. The molecule has 0 radical (unpaired) electrons. The van der Waals surface area contributed by atoms with E-state index in [1.165, 1.54) is 20.0 Å². The molecule has 0 aliphatic rings. The molecular formula is C9H11F3N4O3. The molecule has 1 heterocycles. The summed E-state index contributed by atoms with van der Waals surface area (Å²) in [7, 11) is 0. The fourth-order valence-corrected chi connectivity index (χ4v) is 1.31. The summed E-state index contributed by atoms with van der Waals surface area (Å²) in [4.78, 5) is 21.3. The SMILES string of the molecule is Cc1cn([C@@H](C)C(=O)NCC(F)(F)F)nc1[N+](=O)[O-]. The van der Waals surface area contributed by atoms with Crippen molar-refractivity contribution in [2.24, 2.45) is 0 Å². The number of nitrogens with zero attached hydrogens (tertiary/aromatic N) is 3. The summed E-state index contributed by atoms with van der Waals surface area (Å²) in [5.74, 6) is -1.36. The molecule has 1 amide bonds. The normalized spacial score (nSPS) is 13.1. The number of nitrogens with one attached hydrogen (secondary N) is 1. The molecule has 7 nitrogen and oxygen atoms in total. The van der Waals surface area contributed by atoms with Crippen molar-refractivity contribution < 1.29 is 22.9 Å². The van der Waals surface area contributed by atoms with Crippen LogP contribution in [0.25, 0.3) is 0 Å². The number of amides is 1. The number of hydrogen-bond acceptors (Lipinski definition) is 4. The van der Waals surface area contributed by atoms with E-state index < -0.39 is 35.4 Å². The Hall–Kier alpha value is -2.13. The van der Waals surface area contributed by atoms with Crippen LogP contribution in [0.1, 0.15) is 18.5 Å². The number of hydrogen-bond donors (Lipinski definition) is 1. The van der Waals surface area contributed by atoms with Crippen LogP contribution in [0.2, 0.25) is 0 Å². The zero-order valence-electron chi connectivity index (χ0n) is 10.1. The molecule has 106 valence electrons. The zero-order chi connectivity index (χ0) is 14.8. The van der Waals surface area contributed by atoms with Gasteiger partial charge in [0.2, 0.25) is 5.91 Å². The minimum absolute atomic E-state index is 0.223. The van der Waals surface area contributed by atoms with Crippen molar-refractivity contribution in [1.29, 1.82) is 0 Å². The number of carbonyl (C=O) groups excluding carboxylic acids is 1. The summed E-state index contributed by atoms with van der Waals surface area (Å²) in [5.41, 5.74) is 0.223. The van der Waals surface area contributed by atoms with E-state index >= 15 is 0 Å². The molecule has 1 rings (SSSR count). The first-order chi connectivity index (χ1) is 8.61. The number of nitro groups is 1. The summed E-state index contributed by atoms with van der Waals surface area (Å²) in [5, 5.41) is 15.8. The first kappa shape index (κ1) is 14.9. The van der Waals surface area contributed by atoms with E-state index in [0.29, 0.717) is 0 Å². The van der Waals surface area contributed by atoms with Gasteiger partial charge in [0, 0.05) is 0 Å². The average molecular weight is 280 g/mol. The number of alkyl halides is 3. The van der Waals surface area contributed by atoms with Gasteiger partial charge in [0.1, 0.15) is 12.6 Å². The third-order valence-corrected chi connectivity index (χ3v) is 2.30. The lowest BCUT2D eigenvalue weighted by molar-refractivity contribution is -0.390. The molecule has 0 unspecified atom stereocenters. The van der Waals surface area contributed by atoms with Gasteiger partial charge < -0.3 is 15.4 Å². The second kappa shape index (κ2) is 5.24. The highest BCUT2D eigenvalue weighted by atomic mass is 19.4. The van der Waals surface area contributed by atoms with Crippen molar-refractivity contribution in [3.05, 3.63) is 21.9 Å². The lowest BCUT2D eigenvalue weighted by atomic mass is 10.3. The maximum atomic E-state index is 11.9. The average Bonchev–Trinajstić information content (AvgIpc) is 2.66. The van der Waals surface area contributed by atoms with Gasteiger partial charge in [-0.2, -0.15) is 17.9 Å². The van der Waals surface area contributed by atoms with Crippen LogP contribution in [0.5, 0.6) is 0 Å². The monoisotopic (exact) mass is 280 g/mol. The molecule has 0 bridgehead atoms. The van der Waals surface area contributed by atoms with Gasteiger partial charge in [-0.1, -0.05) is 0 Å². The van der Waals surface area contributed by atoms with E-state index in [-0.39, 0.29) is 5.56 Å². The van der Waals surface area contributed by atoms with Crippen LogP contribution in [-0.2, 0) is 4.79 Å². The summed E-state index contributed by atoms with van der Waals surface area (Å²) in [6.07, 6.45) is -3.28. The Bertz CT molecular complexity index is 497. The Morgan fingerprint density at radius 2 is 2.21 bits per heavy atom. The minimum atomic E-state index is -4.51. The lowest BCUT2D eigenvalue weighted by Gasteiger charge is -2.11. The quantitative estimate of drug-likeness (QED) is 0.665. The molecule has 19 heavy (non-hydrogen) atoms. The van der Waals surface area contributed by atoms with Crippen LogP contribution in [0.3, 0.4) is 0 Å². The zero-order valence-corrected chi connectivity index (χ0v) is 10.1. The molecular weight excluding hydrogens is 269 g/mol. The molecule has 1 atom stereocenters. The topological polar surface area (TPSA) is 90.1 Å². The van der Waals surface area contributed by atoms with Crippen molar-refractivity contribution in [2.45, 2.75) is 26.1 Å². The first-order valence-electron chi connectivity index (χ1n) is 5.16. The molecule has 10 heteroatoms. The fraction of sp³-hybridized carbons (Fsp3) is 0.556. The van der Waals surface area contributed by atoms with Gasteiger partial charge in [0.25, 0.3) is 0 Å². The van der Waals surface area contributed by atoms with Gasteiger partial charge in [0.15, 0.2) is 0 Å². The van der Waals surface area contributed by atoms with E-state index in [9.17, 15) is 28.1 Å². The second-order valence-corrected chi connectivity index (χ2v) is 3.88. The van der Waals surface area contributed by atoms with Gasteiger partial charge in [-0.05, 0) is 18.8 Å². The lowest BCUT2D eigenvalue weighted by Crippen LogP contribution is -2.37. The van der Waals surface area contributed by atoms with E-state index in [1.54, 1.807) is 5.32 Å². The van der Waals surface area contributed by atoms with Crippen LogP contribution in [0.15, 0.2) is 6.20 Å². The molecule has 1 aromatic rings. The molecule has 0 spiro atoms. The molecule has 0 aliphatic carbocycles. The Labute approximate surface area is 105 Å². The summed E-state index contributed by atoms with van der Waals surface area (Å²) < 4.78 is 36.7. The van der Waals surface area contributed by atoms with Crippen molar-refractivity contribution in [2.75, 3.05) is 6.54 Å². The highest BCUT2D eigenvalue weighted by Gasteiger charge is 2.30. The van der Waals surface area contributed by atoms with Crippen molar-refractivity contribution in [3.8, 4) is 0 Å². The molecule has 0 aromatic carbocycles. The van der Waals surface area contributed by atoms with Crippen molar-refractivity contribution >= 4 is 11.7 Å². The van der Waals surface area contributed by atoms with Crippen LogP contribution >= 0.6 is 0 Å². The Kier molecular flexibility index (Phi) is 4.12. The predicted octanol–water partition coefficient (Wildman–Crippen LogP) is 1.34. The Morgan fingerprint density at radius 3 is 2.63 bits per heavy atom. The predicted molar refractivity (Wildman–Crippen MR) is 57.4 cm³/mol. The first-order valence-corrected chi connectivity index (χ1v) is 5.16. The molecule has 0 aliphatic heterocycles. The largest absolute Gasteiger partial charge is 0.405 e. The maximum absolute atomic E-state index is 11.9. The summed E-state index contributed by atoms with van der Waals surface area (Å²) >= 11 is 0. The van der Waals surface area contributed by atoms with Crippen molar-refractivity contribution in [1.82, 2.24) is 15.1 Å². The van der Waals surface area contributed by atoms with Gasteiger partial charge >= 0.3 is 12.0 Å². The van der Waals surface area contributed by atoms with Crippen molar-refractivity contribution in [3.63, 3.8) is 0 Å². The fourth-order valence-electron chi connectivity index (χ4n) is 1.31. The number of rotatable bonds is 4. The van der Waals surface area contributed by atoms with Gasteiger partial charge in [-0.3, -0.25) is 4.79 Å². The van der Waals surface area contributed by atoms with Crippen LogP contribution < -0.4 is 5.32 Å². The third-order valence-electron chi connectivity index (χ3n) is 2.30. The second-order valence-electron chi connectivity index (χ2n) is 3.88. The van der Waals surface area contributed by atoms with E-state index in [4.69, 9.17) is 0 Å². The smallest absolute Gasteiger partial charge is 0.358 e. The maximum Gasteiger partial charge on any atom is 0.405 e. The van der Waals surface area contributed by atoms with Crippen LogP contribution in [0, 0.1) is 17.0 Å². The summed E-state index contributed by atoms with van der Waals surface area (Å²) in [6.45, 7) is 1.25. The molecule has 1 N–H and O–H groups in total. The minimum Gasteiger partial charge on any atom is -0.358 e. The van der Waals surface area contributed by atoms with Gasteiger partial charge in [-0.25, -0.2) is 0 Å². The standard InChI is InChI=1S/C9H11F3N4O3/c1-5-3-15(14-7(5)16(18)19)6(2)8(17)13-4-9(10,11)12/h3,6H,4H2,1-2H3,(H,13,17)/t6-/m0/s1. The molecule has 1 aromatic heterocycles. The number of aryl methyl sites for hydroxylation is 1. The number of aromatic nitrogens is 2. The summed E-state index contributed by atoms with van der Waals surface area (Å²) in [6, 6.07) is -1.07. The van der Waals surface area contributed by atoms with Crippen LogP contribution in [-0.4, -0.2) is 33.3 Å². The van der Waals surface area contributed by atoms with E-state index in [2.05, 4.69) is 5.10 Å². The molecule has 0 saturated carbocycles. The Morgan fingerprint density at radius 1 is 1.63 bits per heavy atom. The highest BCUT2D eigenvalue weighted by molar-refractivity contribution is 5.79. The highest BCUT2D eigenvalue weighted by Crippen LogP contribution is 2.18. The van der Waals surface area contributed by atoms with E-state index in [1.807, 2.05) is 0 Å². The van der Waals surface area contributed by atoms with Gasteiger partial charge in [0.05, 0.1) is 16.9 Å². The molecule has 0 saturated heterocycles. The molecule has 0 fully saturated rings. The Balaban J connectivity index is 2.77. The van der Waals surface area contributed by atoms with Gasteiger partial charge in [-0.15, -0.1) is 0 Å².